The number of hydrogen-bond donors (Lipinski definition) is 3. The summed E-state index contributed by atoms with van der Waals surface area (Å²) in [6.45, 7) is 1.91. The lowest BCUT2D eigenvalue weighted by Gasteiger charge is -2.15. The van der Waals surface area contributed by atoms with Gasteiger partial charge < -0.3 is 15.7 Å². The number of thiophene rings is 1. The zero-order valence-corrected chi connectivity index (χ0v) is 13.0. The highest BCUT2D eigenvalue weighted by Crippen LogP contribution is 2.21. The fourth-order valence-electron chi connectivity index (χ4n) is 1.50. The topological polar surface area (TPSA) is 78.4 Å². The molecule has 7 heteroatoms. The van der Waals surface area contributed by atoms with Gasteiger partial charge in [0.15, 0.2) is 0 Å². The molecular formula is C12H17BrN2O3S. The predicted molar refractivity (Wildman–Crippen MR) is 78.3 cm³/mol. The summed E-state index contributed by atoms with van der Waals surface area (Å²) in [5.74, 6) is -0.509. The van der Waals surface area contributed by atoms with Gasteiger partial charge in [0.2, 0.25) is 5.91 Å². The lowest BCUT2D eigenvalue weighted by molar-refractivity contribution is -0.120. The molecule has 0 fully saturated rings. The molecule has 0 saturated heterocycles. The summed E-state index contributed by atoms with van der Waals surface area (Å²) in [5, 5.41) is 14.1. The van der Waals surface area contributed by atoms with E-state index in [0.717, 1.165) is 10.2 Å². The number of amides is 2. The van der Waals surface area contributed by atoms with Crippen molar-refractivity contribution in [1.29, 1.82) is 0 Å². The van der Waals surface area contributed by atoms with Gasteiger partial charge in [0, 0.05) is 12.6 Å². The molecule has 1 aromatic heterocycles. The first-order chi connectivity index (χ1) is 9.06. The summed E-state index contributed by atoms with van der Waals surface area (Å²) in [6.07, 6.45) is 1.27. The Bertz CT molecular complexity index is 436. The Balaban J connectivity index is 2.35. The van der Waals surface area contributed by atoms with Crippen LogP contribution >= 0.6 is 27.3 Å². The van der Waals surface area contributed by atoms with E-state index >= 15 is 0 Å². The molecule has 0 bridgehead atoms. The highest BCUT2D eigenvalue weighted by molar-refractivity contribution is 9.11. The van der Waals surface area contributed by atoms with Crippen molar-refractivity contribution < 1.29 is 14.7 Å². The predicted octanol–water partition coefficient (Wildman–Crippen LogP) is 1.52. The van der Waals surface area contributed by atoms with Crippen molar-refractivity contribution in [3.8, 4) is 0 Å². The van der Waals surface area contributed by atoms with Crippen molar-refractivity contribution in [3.63, 3.8) is 0 Å². The minimum atomic E-state index is -0.263. The van der Waals surface area contributed by atoms with Gasteiger partial charge in [0.25, 0.3) is 5.91 Å². The van der Waals surface area contributed by atoms with Gasteiger partial charge in [-0.25, -0.2) is 0 Å². The minimum Gasteiger partial charge on any atom is -0.396 e. The molecule has 0 aromatic carbocycles. The van der Waals surface area contributed by atoms with E-state index in [2.05, 4.69) is 26.6 Å². The van der Waals surface area contributed by atoms with Crippen molar-refractivity contribution in [2.24, 2.45) is 0 Å². The van der Waals surface area contributed by atoms with Gasteiger partial charge in [-0.3, -0.25) is 9.59 Å². The molecule has 0 aliphatic carbocycles. The molecule has 19 heavy (non-hydrogen) atoms. The largest absolute Gasteiger partial charge is 0.396 e. The van der Waals surface area contributed by atoms with Crippen LogP contribution in [0.4, 0.5) is 0 Å². The lowest BCUT2D eigenvalue weighted by Crippen LogP contribution is -2.42. The first-order valence-electron chi connectivity index (χ1n) is 6.00. The zero-order valence-electron chi connectivity index (χ0n) is 10.6. The molecule has 106 valence electrons. The third-order valence-electron chi connectivity index (χ3n) is 2.54. The molecule has 0 spiro atoms. The van der Waals surface area contributed by atoms with Crippen LogP contribution in [-0.4, -0.2) is 36.1 Å². The van der Waals surface area contributed by atoms with Crippen LogP contribution in [0.5, 0.6) is 0 Å². The van der Waals surface area contributed by atoms with Gasteiger partial charge in [0.1, 0.15) is 0 Å². The maximum atomic E-state index is 11.7. The van der Waals surface area contributed by atoms with E-state index in [1.165, 1.54) is 11.3 Å². The average molecular weight is 349 g/mol. The number of aliphatic hydroxyl groups is 1. The molecule has 1 aromatic rings. The molecule has 3 N–H and O–H groups in total. The first kappa shape index (κ1) is 16.1. The number of nitrogens with one attached hydrogen (secondary N) is 2. The van der Waals surface area contributed by atoms with E-state index in [-0.39, 0.29) is 31.0 Å². The Kier molecular flexibility index (Phi) is 7.04. The van der Waals surface area contributed by atoms with Gasteiger partial charge in [-0.2, -0.15) is 0 Å². The number of carbonyl (C=O) groups is 2. The Labute approximate surface area is 124 Å². The second-order valence-electron chi connectivity index (χ2n) is 3.97. The number of hydrogen-bond acceptors (Lipinski definition) is 4. The van der Waals surface area contributed by atoms with Gasteiger partial charge in [-0.15, -0.1) is 11.3 Å². The Morgan fingerprint density at radius 3 is 2.74 bits per heavy atom. The third-order valence-corrected chi connectivity index (χ3v) is 4.16. The fourth-order valence-corrected chi connectivity index (χ4v) is 2.80. The van der Waals surface area contributed by atoms with E-state index in [9.17, 15) is 9.59 Å². The molecule has 1 unspecified atom stereocenters. The van der Waals surface area contributed by atoms with Crippen LogP contribution in [-0.2, 0) is 4.79 Å². The van der Waals surface area contributed by atoms with Gasteiger partial charge in [-0.1, -0.05) is 6.92 Å². The molecule has 2 amide bonds. The summed E-state index contributed by atoms with van der Waals surface area (Å²) in [6, 6.07) is 3.43. The molecule has 1 heterocycles. The van der Waals surface area contributed by atoms with Crippen molar-refractivity contribution in [3.05, 3.63) is 20.8 Å². The standard InChI is InChI=1S/C12H17BrN2O3S/c1-2-8(5-6-16)15-11(17)7-14-12(18)9-3-4-10(13)19-9/h3-4,8,16H,2,5-7H2,1H3,(H,14,18)(H,15,17). The molecule has 1 rings (SSSR count). The summed E-state index contributed by atoms with van der Waals surface area (Å²) in [4.78, 5) is 23.9. The van der Waals surface area contributed by atoms with Crippen LogP contribution in [0, 0.1) is 0 Å². The van der Waals surface area contributed by atoms with Crippen LogP contribution < -0.4 is 10.6 Å². The molecule has 0 aliphatic heterocycles. The summed E-state index contributed by atoms with van der Waals surface area (Å²) in [7, 11) is 0. The minimum absolute atomic E-state index is 0.0361. The summed E-state index contributed by atoms with van der Waals surface area (Å²) < 4.78 is 0.871. The van der Waals surface area contributed by atoms with Crippen molar-refractivity contribution in [1.82, 2.24) is 10.6 Å². The van der Waals surface area contributed by atoms with E-state index in [0.29, 0.717) is 11.3 Å². The van der Waals surface area contributed by atoms with Crippen molar-refractivity contribution in [2.45, 2.75) is 25.8 Å². The maximum Gasteiger partial charge on any atom is 0.261 e. The molecule has 0 radical (unpaired) electrons. The van der Waals surface area contributed by atoms with Crippen LogP contribution in [0.1, 0.15) is 29.4 Å². The van der Waals surface area contributed by atoms with E-state index < -0.39 is 0 Å². The Morgan fingerprint density at radius 1 is 1.47 bits per heavy atom. The van der Waals surface area contributed by atoms with Crippen LogP contribution in [0.15, 0.2) is 15.9 Å². The number of aliphatic hydroxyl groups excluding tert-OH is 1. The van der Waals surface area contributed by atoms with Crippen LogP contribution in [0.3, 0.4) is 0 Å². The van der Waals surface area contributed by atoms with Crippen LogP contribution in [0.2, 0.25) is 0 Å². The highest BCUT2D eigenvalue weighted by atomic mass is 79.9. The smallest absolute Gasteiger partial charge is 0.261 e. The molecular weight excluding hydrogens is 332 g/mol. The van der Waals surface area contributed by atoms with E-state index in [1.54, 1.807) is 12.1 Å². The zero-order chi connectivity index (χ0) is 14.3. The molecule has 0 aliphatic rings. The summed E-state index contributed by atoms with van der Waals surface area (Å²) >= 11 is 4.59. The molecule has 1 atom stereocenters. The van der Waals surface area contributed by atoms with Gasteiger partial charge >= 0.3 is 0 Å². The second-order valence-corrected chi connectivity index (χ2v) is 6.43. The Hall–Kier alpha value is -0.920. The monoisotopic (exact) mass is 348 g/mol. The van der Waals surface area contributed by atoms with Crippen molar-refractivity contribution >= 4 is 39.1 Å². The molecule has 0 saturated carbocycles. The highest BCUT2D eigenvalue weighted by Gasteiger charge is 2.12. The van der Waals surface area contributed by atoms with Gasteiger partial charge in [0.05, 0.1) is 15.2 Å². The quantitative estimate of drug-likeness (QED) is 0.698. The maximum absolute atomic E-state index is 11.7. The van der Waals surface area contributed by atoms with Gasteiger partial charge in [-0.05, 0) is 40.9 Å². The van der Waals surface area contributed by atoms with Crippen molar-refractivity contribution in [2.75, 3.05) is 13.2 Å². The Morgan fingerprint density at radius 2 is 2.21 bits per heavy atom. The van der Waals surface area contributed by atoms with E-state index in [4.69, 9.17) is 5.11 Å². The third kappa shape index (κ3) is 5.71. The van der Waals surface area contributed by atoms with Crippen LogP contribution in [0.25, 0.3) is 0 Å². The second kappa shape index (κ2) is 8.29. The SMILES string of the molecule is CCC(CCO)NC(=O)CNC(=O)c1ccc(Br)s1. The number of rotatable bonds is 7. The number of carbonyl (C=O) groups excluding carboxylic acids is 2. The van der Waals surface area contributed by atoms with E-state index in [1.807, 2.05) is 6.92 Å². The number of halogens is 1. The fraction of sp³-hybridized carbons (Fsp3) is 0.500. The normalized spacial score (nSPS) is 11.9. The first-order valence-corrected chi connectivity index (χ1v) is 7.61. The molecule has 5 nitrogen and oxygen atoms in total. The summed E-state index contributed by atoms with van der Waals surface area (Å²) in [5.41, 5.74) is 0. The average Bonchev–Trinajstić information content (AvgIpc) is 2.82. The lowest BCUT2D eigenvalue weighted by atomic mass is 10.1.